The fourth-order valence-electron chi connectivity index (χ4n) is 4.23. The number of halogens is 3. The lowest BCUT2D eigenvalue weighted by Crippen LogP contribution is -2.51. The molecule has 1 atom stereocenters. The zero-order valence-corrected chi connectivity index (χ0v) is 20.5. The molecule has 7 heteroatoms. The Morgan fingerprint density at radius 3 is 2.25 bits per heavy atom. The number of hydrogen-bond donors (Lipinski definition) is 1. The minimum Gasteiger partial charge on any atom is -0.352 e. The highest BCUT2D eigenvalue weighted by atomic mass is 35.5. The van der Waals surface area contributed by atoms with Gasteiger partial charge in [0, 0.05) is 39.6 Å². The van der Waals surface area contributed by atoms with Gasteiger partial charge in [-0.3, -0.25) is 9.59 Å². The molecule has 0 aliphatic heterocycles. The van der Waals surface area contributed by atoms with E-state index in [1.54, 1.807) is 23.1 Å². The molecule has 172 valence electrons. The van der Waals surface area contributed by atoms with Crippen molar-refractivity contribution in [1.29, 1.82) is 0 Å². The Morgan fingerprint density at radius 2 is 1.62 bits per heavy atom. The van der Waals surface area contributed by atoms with Gasteiger partial charge >= 0.3 is 0 Å². The maximum absolute atomic E-state index is 13.4. The molecule has 1 aliphatic carbocycles. The molecule has 32 heavy (non-hydrogen) atoms. The number of amides is 2. The summed E-state index contributed by atoms with van der Waals surface area (Å²) in [6.45, 7) is 2.10. The molecule has 0 unspecified atom stereocenters. The Balaban J connectivity index is 1.82. The molecule has 1 saturated carbocycles. The summed E-state index contributed by atoms with van der Waals surface area (Å²) in [4.78, 5) is 28.2. The summed E-state index contributed by atoms with van der Waals surface area (Å²) in [5.74, 6) is -0.247. The molecule has 0 aromatic heterocycles. The van der Waals surface area contributed by atoms with Crippen molar-refractivity contribution in [2.24, 2.45) is 0 Å². The molecule has 1 N–H and O–H groups in total. The van der Waals surface area contributed by atoms with Crippen LogP contribution in [0.5, 0.6) is 0 Å². The molecule has 4 nitrogen and oxygen atoms in total. The lowest BCUT2D eigenvalue weighted by molar-refractivity contribution is -0.141. The van der Waals surface area contributed by atoms with Gasteiger partial charge in [0.05, 0.1) is 0 Å². The molecular formula is C25H29Cl3N2O2. The van der Waals surface area contributed by atoms with Crippen LogP contribution in [0.3, 0.4) is 0 Å². The van der Waals surface area contributed by atoms with Crippen molar-refractivity contribution in [2.45, 2.75) is 70.5 Å². The summed E-state index contributed by atoms with van der Waals surface area (Å²) in [7, 11) is 0. The number of benzene rings is 2. The third kappa shape index (κ3) is 6.40. The zero-order chi connectivity index (χ0) is 23.1. The highest BCUT2D eigenvalue weighted by molar-refractivity contribution is 6.36. The van der Waals surface area contributed by atoms with Crippen LogP contribution in [0, 0.1) is 0 Å². The van der Waals surface area contributed by atoms with Crippen LogP contribution >= 0.6 is 34.8 Å². The molecule has 0 saturated heterocycles. The van der Waals surface area contributed by atoms with Gasteiger partial charge in [0.1, 0.15) is 6.04 Å². The number of nitrogens with zero attached hydrogens (tertiary/aromatic N) is 1. The van der Waals surface area contributed by atoms with E-state index in [-0.39, 0.29) is 30.8 Å². The number of nitrogens with one attached hydrogen (secondary N) is 1. The van der Waals surface area contributed by atoms with Gasteiger partial charge in [-0.15, -0.1) is 0 Å². The van der Waals surface area contributed by atoms with Crippen molar-refractivity contribution in [1.82, 2.24) is 10.2 Å². The first-order chi connectivity index (χ1) is 15.4. The van der Waals surface area contributed by atoms with Gasteiger partial charge in [-0.25, -0.2) is 0 Å². The predicted octanol–water partition coefficient (Wildman–Crippen LogP) is 6.45. The first kappa shape index (κ1) is 24.9. The second-order valence-corrected chi connectivity index (χ2v) is 9.45. The number of carbonyl (C=O) groups excluding carboxylic acids is 2. The highest BCUT2D eigenvalue weighted by Crippen LogP contribution is 2.28. The first-order valence-electron chi connectivity index (χ1n) is 11.2. The van der Waals surface area contributed by atoms with Gasteiger partial charge in [-0.1, -0.05) is 78.8 Å². The highest BCUT2D eigenvalue weighted by Gasteiger charge is 2.31. The van der Waals surface area contributed by atoms with E-state index in [1.807, 2.05) is 31.2 Å². The van der Waals surface area contributed by atoms with Crippen molar-refractivity contribution in [3.63, 3.8) is 0 Å². The van der Waals surface area contributed by atoms with E-state index in [2.05, 4.69) is 5.32 Å². The van der Waals surface area contributed by atoms with Crippen molar-refractivity contribution < 1.29 is 9.59 Å². The second kappa shape index (κ2) is 11.9. The third-order valence-electron chi connectivity index (χ3n) is 6.04. The lowest BCUT2D eigenvalue weighted by Gasteiger charge is -2.32. The molecule has 0 spiro atoms. The number of hydrogen-bond acceptors (Lipinski definition) is 2. The summed E-state index contributed by atoms with van der Waals surface area (Å²) in [5.41, 5.74) is 1.55. The fraction of sp³-hybridized carbons (Fsp3) is 0.440. The van der Waals surface area contributed by atoms with Crippen LogP contribution in [0.2, 0.25) is 15.1 Å². The SMILES string of the molecule is CC[C@H](C(=O)NC1CCCC1)N(Cc1c(Cl)cccc1Cl)C(=O)CCc1ccccc1Cl. The predicted molar refractivity (Wildman–Crippen MR) is 131 cm³/mol. The summed E-state index contributed by atoms with van der Waals surface area (Å²) < 4.78 is 0. The van der Waals surface area contributed by atoms with Crippen LogP contribution in [0.1, 0.15) is 56.6 Å². The van der Waals surface area contributed by atoms with Crippen LogP contribution in [-0.2, 0) is 22.6 Å². The maximum atomic E-state index is 13.4. The maximum Gasteiger partial charge on any atom is 0.243 e. The molecule has 0 radical (unpaired) electrons. The van der Waals surface area contributed by atoms with Gasteiger partial charge in [-0.2, -0.15) is 0 Å². The Morgan fingerprint density at radius 1 is 1.00 bits per heavy atom. The molecule has 0 bridgehead atoms. The van der Waals surface area contributed by atoms with Crippen molar-refractivity contribution in [3.8, 4) is 0 Å². The third-order valence-corrected chi connectivity index (χ3v) is 7.12. The summed E-state index contributed by atoms with van der Waals surface area (Å²) in [6.07, 6.45) is 5.44. The molecule has 1 fully saturated rings. The van der Waals surface area contributed by atoms with E-state index in [0.29, 0.717) is 33.5 Å². The minimum absolute atomic E-state index is 0.117. The molecular weight excluding hydrogens is 467 g/mol. The number of rotatable bonds is 9. The van der Waals surface area contributed by atoms with Gasteiger partial charge in [0.25, 0.3) is 0 Å². The normalized spacial score (nSPS) is 14.9. The minimum atomic E-state index is -0.596. The Bertz CT molecular complexity index is 924. The van der Waals surface area contributed by atoms with Crippen LogP contribution in [0.4, 0.5) is 0 Å². The molecule has 2 aromatic rings. The first-order valence-corrected chi connectivity index (χ1v) is 12.3. The van der Waals surface area contributed by atoms with Crippen LogP contribution < -0.4 is 5.32 Å². The average molecular weight is 496 g/mol. The van der Waals surface area contributed by atoms with E-state index in [1.165, 1.54) is 0 Å². The molecule has 3 rings (SSSR count). The van der Waals surface area contributed by atoms with E-state index in [4.69, 9.17) is 34.8 Å². The van der Waals surface area contributed by atoms with Crippen LogP contribution in [-0.4, -0.2) is 28.8 Å². The van der Waals surface area contributed by atoms with Crippen LogP contribution in [0.15, 0.2) is 42.5 Å². The summed E-state index contributed by atoms with van der Waals surface area (Å²) in [6, 6.07) is 12.3. The topological polar surface area (TPSA) is 49.4 Å². The molecule has 0 heterocycles. The van der Waals surface area contributed by atoms with Crippen LogP contribution in [0.25, 0.3) is 0 Å². The van der Waals surface area contributed by atoms with Gasteiger partial charge in [0.15, 0.2) is 0 Å². The van der Waals surface area contributed by atoms with E-state index < -0.39 is 6.04 Å². The molecule has 2 amide bonds. The quantitative estimate of drug-likeness (QED) is 0.435. The van der Waals surface area contributed by atoms with Crippen molar-refractivity contribution in [2.75, 3.05) is 0 Å². The van der Waals surface area contributed by atoms with Gasteiger partial charge in [0.2, 0.25) is 11.8 Å². The van der Waals surface area contributed by atoms with Gasteiger partial charge in [-0.05, 0) is 49.4 Å². The summed E-state index contributed by atoms with van der Waals surface area (Å²) >= 11 is 19.1. The second-order valence-electron chi connectivity index (χ2n) is 8.23. The Kier molecular flexibility index (Phi) is 9.27. The van der Waals surface area contributed by atoms with Crippen molar-refractivity contribution >= 4 is 46.6 Å². The number of carbonyl (C=O) groups is 2. The fourth-order valence-corrected chi connectivity index (χ4v) is 4.97. The molecule has 2 aromatic carbocycles. The van der Waals surface area contributed by atoms with Crippen molar-refractivity contribution in [3.05, 3.63) is 68.7 Å². The van der Waals surface area contributed by atoms with Gasteiger partial charge < -0.3 is 10.2 Å². The summed E-state index contributed by atoms with van der Waals surface area (Å²) in [5, 5.41) is 4.73. The Labute approximate surface area is 205 Å². The van der Waals surface area contributed by atoms with E-state index in [0.717, 1.165) is 31.2 Å². The Hall–Kier alpha value is -1.75. The molecule has 1 aliphatic rings. The zero-order valence-electron chi connectivity index (χ0n) is 18.3. The smallest absolute Gasteiger partial charge is 0.243 e. The largest absolute Gasteiger partial charge is 0.352 e. The number of aryl methyl sites for hydroxylation is 1. The van der Waals surface area contributed by atoms with E-state index >= 15 is 0 Å². The lowest BCUT2D eigenvalue weighted by atomic mass is 10.1. The average Bonchev–Trinajstić information content (AvgIpc) is 3.27. The van der Waals surface area contributed by atoms with E-state index in [9.17, 15) is 9.59 Å². The monoisotopic (exact) mass is 494 g/mol. The standard InChI is InChI=1S/C25H29Cl3N2O2/c1-2-23(25(32)29-18-9-4-5-10-18)30(16-19-21(27)12-7-13-22(19)28)24(31)15-14-17-8-3-6-11-20(17)26/h3,6-8,11-13,18,23H,2,4-5,9-10,14-16H2,1H3,(H,29,32)/t23-/m1/s1.